The van der Waals surface area contributed by atoms with E-state index >= 15 is 0 Å². The summed E-state index contributed by atoms with van der Waals surface area (Å²) in [7, 11) is 0. The maximum absolute atomic E-state index is 14.3. The molecule has 0 fully saturated rings. The molecule has 0 saturated carbocycles. The summed E-state index contributed by atoms with van der Waals surface area (Å²) in [4.78, 5) is 31.4. The second-order valence-corrected chi connectivity index (χ2v) is 10.3. The van der Waals surface area contributed by atoms with Gasteiger partial charge in [-0.25, -0.2) is 14.2 Å². The fourth-order valence-electron chi connectivity index (χ4n) is 5.23. The molecule has 2 heterocycles. The van der Waals surface area contributed by atoms with Gasteiger partial charge in [0, 0.05) is 29.0 Å². The maximum Gasteiger partial charge on any atom is 0.335 e. The molecule has 2 aromatic heterocycles. The van der Waals surface area contributed by atoms with Crippen LogP contribution in [0.25, 0.3) is 21.8 Å². The quantitative estimate of drug-likeness (QED) is 0.128. The number of rotatable bonds is 11. The monoisotopic (exact) mass is 591 g/mol. The zero-order valence-electron chi connectivity index (χ0n) is 23.4. The van der Waals surface area contributed by atoms with Crippen molar-refractivity contribution in [2.45, 2.75) is 26.2 Å². The standard InChI is InChI=1S/C34H26FN3O6/c35-28-11-9-25(20-44-38(41)42)26(16-28)18-37-19-27(15-22-5-7-24(8-6-22)34(39)40)31-17-30(13-14-33(31)37)43-21-29-12-10-23-3-1-2-4-32(23)36-29/h1-14,16-17,19H,15,18,20-21H2,(H,39,40). The predicted molar refractivity (Wildman–Crippen MR) is 162 cm³/mol. The summed E-state index contributed by atoms with van der Waals surface area (Å²) in [6.07, 6.45) is 2.45. The lowest BCUT2D eigenvalue weighted by atomic mass is 10.0. The van der Waals surface area contributed by atoms with E-state index in [2.05, 4.69) is 9.82 Å². The van der Waals surface area contributed by atoms with Gasteiger partial charge in [-0.05, 0) is 83.3 Å². The van der Waals surface area contributed by atoms with Gasteiger partial charge in [0.25, 0.3) is 5.09 Å². The molecule has 220 valence electrons. The lowest BCUT2D eigenvalue weighted by Gasteiger charge is -2.12. The van der Waals surface area contributed by atoms with Crippen LogP contribution in [0.5, 0.6) is 5.75 Å². The molecule has 0 aliphatic carbocycles. The molecule has 0 aliphatic heterocycles. The van der Waals surface area contributed by atoms with Crippen LogP contribution in [0, 0.1) is 15.9 Å². The molecule has 0 saturated heterocycles. The van der Waals surface area contributed by atoms with E-state index in [1.807, 2.05) is 65.4 Å². The zero-order valence-corrected chi connectivity index (χ0v) is 23.4. The molecule has 6 rings (SSSR count). The van der Waals surface area contributed by atoms with Crippen LogP contribution in [0.1, 0.15) is 38.3 Å². The van der Waals surface area contributed by atoms with E-state index < -0.39 is 16.9 Å². The van der Waals surface area contributed by atoms with Crippen LogP contribution in [0.3, 0.4) is 0 Å². The number of halogens is 1. The highest BCUT2D eigenvalue weighted by molar-refractivity contribution is 5.88. The molecule has 6 aromatic rings. The topological polar surface area (TPSA) is 117 Å². The van der Waals surface area contributed by atoms with Gasteiger partial charge in [-0.1, -0.05) is 42.5 Å². The number of pyridine rings is 1. The van der Waals surface area contributed by atoms with Crippen molar-refractivity contribution in [1.29, 1.82) is 0 Å². The molecule has 44 heavy (non-hydrogen) atoms. The van der Waals surface area contributed by atoms with Gasteiger partial charge in [0.15, 0.2) is 0 Å². The Balaban J connectivity index is 1.33. The third kappa shape index (κ3) is 6.34. The first kappa shape index (κ1) is 28.4. The minimum Gasteiger partial charge on any atom is -0.487 e. The van der Waals surface area contributed by atoms with Gasteiger partial charge in [-0.2, -0.15) is 0 Å². The zero-order chi connectivity index (χ0) is 30.6. The lowest BCUT2D eigenvalue weighted by Crippen LogP contribution is -2.07. The number of carbonyl (C=O) groups is 1. The summed E-state index contributed by atoms with van der Waals surface area (Å²) in [5, 5.41) is 21.2. The Hall–Kier alpha value is -5.77. The number of hydrogen-bond donors (Lipinski definition) is 1. The van der Waals surface area contributed by atoms with Crippen molar-refractivity contribution in [3.63, 3.8) is 0 Å². The molecular weight excluding hydrogens is 565 g/mol. The molecule has 9 nitrogen and oxygen atoms in total. The lowest BCUT2D eigenvalue weighted by molar-refractivity contribution is -0.763. The van der Waals surface area contributed by atoms with Crippen LogP contribution >= 0.6 is 0 Å². The molecule has 0 atom stereocenters. The smallest absolute Gasteiger partial charge is 0.335 e. The SMILES string of the molecule is O=C(O)c1ccc(Cc2cn(Cc3cc(F)ccc3CO[N+](=O)[O-])c3ccc(OCc4ccc5ccccc5n4)cc23)cc1. The molecule has 1 N–H and O–H groups in total. The van der Waals surface area contributed by atoms with E-state index in [1.165, 1.54) is 18.2 Å². The van der Waals surface area contributed by atoms with Gasteiger partial charge in [0.2, 0.25) is 0 Å². The summed E-state index contributed by atoms with van der Waals surface area (Å²) in [5.41, 5.74) is 5.62. The van der Waals surface area contributed by atoms with E-state index in [0.29, 0.717) is 23.3 Å². The van der Waals surface area contributed by atoms with Crippen molar-refractivity contribution in [3.05, 3.63) is 153 Å². The number of fused-ring (bicyclic) bond motifs is 2. The van der Waals surface area contributed by atoms with Crippen LogP contribution < -0.4 is 4.74 Å². The molecule has 4 aromatic carbocycles. The average molecular weight is 592 g/mol. The number of nitrogens with zero attached hydrogens (tertiary/aromatic N) is 3. The maximum atomic E-state index is 14.3. The van der Waals surface area contributed by atoms with Crippen molar-refractivity contribution in [3.8, 4) is 5.75 Å². The fourth-order valence-corrected chi connectivity index (χ4v) is 5.23. The predicted octanol–water partition coefficient (Wildman–Crippen LogP) is 6.95. The van der Waals surface area contributed by atoms with Gasteiger partial charge < -0.3 is 19.2 Å². The second-order valence-electron chi connectivity index (χ2n) is 10.3. The molecule has 0 bridgehead atoms. The third-order valence-electron chi connectivity index (χ3n) is 7.41. The first-order chi connectivity index (χ1) is 21.3. The number of carboxylic acid groups (broad SMARTS) is 1. The van der Waals surface area contributed by atoms with Crippen molar-refractivity contribution in [2.75, 3.05) is 0 Å². The molecule has 10 heteroatoms. The van der Waals surface area contributed by atoms with E-state index in [4.69, 9.17) is 4.74 Å². The van der Waals surface area contributed by atoms with Crippen molar-refractivity contribution >= 4 is 27.8 Å². The molecule has 0 spiro atoms. The minimum atomic E-state index is -0.997. The van der Waals surface area contributed by atoms with Crippen LogP contribution in [-0.4, -0.2) is 25.7 Å². The van der Waals surface area contributed by atoms with Gasteiger partial charge in [-0.3, -0.25) is 0 Å². The van der Waals surface area contributed by atoms with Crippen LogP contribution in [-0.2, 0) is 31.0 Å². The van der Waals surface area contributed by atoms with E-state index in [-0.39, 0.29) is 25.3 Å². The average Bonchev–Trinajstić information content (AvgIpc) is 3.35. The summed E-state index contributed by atoms with van der Waals surface area (Å²) in [5.74, 6) is -0.820. The number of hydrogen-bond acceptors (Lipinski definition) is 6. The Morgan fingerprint density at radius 2 is 1.73 bits per heavy atom. The Bertz CT molecular complexity index is 2010. The first-order valence-corrected chi connectivity index (χ1v) is 13.8. The highest BCUT2D eigenvalue weighted by Gasteiger charge is 2.15. The minimum absolute atomic E-state index is 0.199. The van der Waals surface area contributed by atoms with Crippen LogP contribution in [0.2, 0.25) is 0 Å². The number of benzene rings is 4. The van der Waals surface area contributed by atoms with E-state index in [9.17, 15) is 24.4 Å². The first-order valence-electron chi connectivity index (χ1n) is 13.8. The van der Waals surface area contributed by atoms with Crippen molar-refractivity contribution in [2.24, 2.45) is 0 Å². The largest absolute Gasteiger partial charge is 0.487 e. The molecule has 0 amide bonds. The van der Waals surface area contributed by atoms with Crippen molar-refractivity contribution in [1.82, 2.24) is 9.55 Å². The fraction of sp³-hybridized carbons (Fsp3) is 0.118. The number of aromatic carboxylic acids is 1. The second kappa shape index (κ2) is 12.2. The van der Waals surface area contributed by atoms with E-state index in [0.717, 1.165) is 38.6 Å². The summed E-state index contributed by atoms with van der Waals surface area (Å²) >= 11 is 0. The van der Waals surface area contributed by atoms with Crippen molar-refractivity contribution < 1.29 is 29.0 Å². The van der Waals surface area contributed by atoms with E-state index in [1.54, 1.807) is 24.3 Å². The highest BCUT2D eigenvalue weighted by Crippen LogP contribution is 2.30. The Labute approximate surface area is 250 Å². The Kier molecular flexibility index (Phi) is 7.88. The summed E-state index contributed by atoms with van der Waals surface area (Å²) in [6, 6.07) is 28.3. The van der Waals surface area contributed by atoms with Gasteiger partial charge >= 0.3 is 5.97 Å². The molecule has 0 radical (unpaired) electrons. The summed E-state index contributed by atoms with van der Waals surface area (Å²) in [6.45, 7) is 0.210. The number of aromatic nitrogens is 2. The van der Waals surface area contributed by atoms with Gasteiger partial charge in [-0.15, -0.1) is 10.1 Å². The third-order valence-corrected chi connectivity index (χ3v) is 7.41. The molecule has 0 unspecified atom stereocenters. The number of carboxylic acids is 1. The van der Waals surface area contributed by atoms with Crippen LogP contribution in [0.4, 0.5) is 4.39 Å². The Morgan fingerprint density at radius 3 is 2.52 bits per heavy atom. The number of ether oxygens (including phenoxy) is 1. The molecular formula is C34H26FN3O6. The van der Waals surface area contributed by atoms with Crippen LogP contribution in [0.15, 0.2) is 103 Å². The van der Waals surface area contributed by atoms with Gasteiger partial charge in [0.05, 0.1) is 16.8 Å². The molecule has 0 aliphatic rings. The Morgan fingerprint density at radius 1 is 0.909 bits per heavy atom. The summed E-state index contributed by atoms with van der Waals surface area (Å²) < 4.78 is 22.4. The number of para-hydroxylation sites is 1. The highest BCUT2D eigenvalue weighted by atomic mass is 19.1. The normalized spacial score (nSPS) is 11.1. The van der Waals surface area contributed by atoms with Gasteiger partial charge in [0.1, 0.15) is 24.8 Å².